The fourth-order valence-electron chi connectivity index (χ4n) is 0.800. The van der Waals surface area contributed by atoms with Crippen LogP contribution in [-0.4, -0.2) is 36.6 Å². The van der Waals surface area contributed by atoms with Crippen molar-refractivity contribution in [1.29, 1.82) is 0 Å². The van der Waals surface area contributed by atoms with Crippen molar-refractivity contribution in [3.05, 3.63) is 0 Å². The van der Waals surface area contributed by atoms with E-state index in [9.17, 15) is 22.8 Å². The monoisotopic (exact) mass is 255 g/mol. The van der Waals surface area contributed by atoms with Crippen LogP contribution in [0.15, 0.2) is 0 Å². The van der Waals surface area contributed by atoms with Gasteiger partial charge in [0, 0.05) is 6.54 Å². The predicted molar refractivity (Wildman–Crippen MR) is 55.0 cm³/mol. The summed E-state index contributed by atoms with van der Waals surface area (Å²) in [7, 11) is 0. The van der Waals surface area contributed by atoms with E-state index in [1.165, 1.54) is 0 Å². The first-order valence-electron chi connectivity index (χ1n) is 5.03. The maximum Gasteiger partial charge on any atom is 0.415 e. The number of rotatable bonds is 5. The van der Waals surface area contributed by atoms with Gasteiger partial charge in [-0.3, -0.25) is 9.59 Å². The van der Waals surface area contributed by atoms with Crippen LogP contribution in [0.5, 0.6) is 0 Å². The summed E-state index contributed by atoms with van der Waals surface area (Å²) in [5.74, 6) is -1.99. The first kappa shape index (κ1) is 15.7. The first-order valence-corrected chi connectivity index (χ1v) is 5.03. The first-order chi connectivity index (χ1) is 7.63. The number of nitrogens with two attached hydrogens (primary N) is 1. The molecule has 4 N–H and O–H groups in total. The normalized spacial score (nSPS) is 14.9. The predicted octanol–water partition coefficient (Wildman–Crippen LogP) is -0.0915. The van der Waals surface area contributed by atoms with Gasteiger partial charge in [-0.15, -0.1) is 0 Å². The fraction of sp³-hybridized carbons (Fsp3) is 0.778. The maximum absolute atomic E-state index is 12.3. The molecule has 0 rings (SSSR count). The summed E-state index contributed by atoms with van der Waals surface area (Å²) in [5, 5.41) is 4.24. The molecule has 0 radical (unpaired) electrons. The Bertz CT molecular complexity index is 290. The van der Waals surface area contributed by atoms with Gasteiger partial charge in [0.1, 0.15) is 0 Å². The number of hydrogen-bond acceptors (Lipinski definition) is 3. The molecule has 1 atom stereocenters. The van der Waals surface area contributed by atoms with Gasteiger partial charge < -0.3 is 16.4 Å². The van der Waals surface area contributed by atoms with Gasteiger partial charge in [0.2, 0.25) is 11.8 Å². The second kappa shape index (κ2) is 5.85. The van der Waals surface area contributed by atoms with E-state index in [2.05, 4.69) is 5.32 Å². The zero-order valence-electron chi connectivity index (χ0n) is 9.65. The molecule has 17 heavy (non-hydrogen) atoms. The lowest BCUT2D eigenvalue weighted by atomic mass is 10.0. The van der Waals surface area contributed by atoms with E-state index in [-0.39, 0.29) is 0 Å². The van der Waals surface area contributed by atoms with Crippen LogP contribution >= 0.6 is 0 Å². The SMILES string of the molecule is CCCNC(=O)CNC(=O)C(C)(N)C(F)(F)F. The summed E-state index contributed by atoms with van der Waals surface area (Å²) in [6.45, 7) is 2.24. The minimum absolute atomic E-state index is 0.397. The van der Waals surface area contributed by atoms with Gasteiger partial charge in [0.15, 0.2) is 5.54 Å². The highest BCUT2D eigenvalue weighted by atomic mass is 19.4. The zero-order chi connectivity index (χ0) is 13.7. The molecule has 0 saturated heterocycles. The molecule has 0 aromatic heterocycles. The van der Waals surface area contributed by atoms with Crippen LogP contribution < -0.4 is 16.4 Å². The molecule has 0 fully saturated rings. The smallest absolute Gasteiger partial charge is 0.355 e. The zero-order valence-corrected chi connectivity index (χ0v) is 9.65. The number of carbonyl (C=O) groups excluding carboxylic acids is 2. The second-order valence-corrected chi connectivity index (χ2v) is 3.73. The molecule has 0 aromatic carbocycles. The molecule has 0 aromatic rings. The minimum Gasteiger partial charge on any atom is -0.355 e. The fourth-order valence-corrected chi connectivity index (χ4v) is 0.800. The number of nitrogens with one attached hydrogen (secondary N) is 2. The molecule has 2 amide bonds. The van der Waals surface area contributed by atoms with Gasteiger partial charge in [-0.25, -0.2) is 0 Å². The number of carbonyl (C=O) groups is 2. The van der Waals surface area contributed by atoms with Crippen molar-refractivity contribution in [2.24, 2.45) is 5.73 Å². The van der Waals surface area contributed by atoms with E-state index >= 15 is 0 Å². The number of halogens is 3. The largest absolute Gasteiger partial charge is 0.415 e. The molecule has 0 bridgehead atoms. The van der Waals surface area contributed by atoms with Crippen molar-refractivity contribution in [2.45, 2.75) is 32.0 Å². The third kappa shape index (κ3) is 4.59. The Balaban J connectivity index is 4.24. The summed E-state index contributed by atoms with van der Waals surface area (Å²) in [4.78, 5) is 22.2. The molecule has 1 unspecified atom stereocenters. The van der Waals surface area contributed by atoms with Crippen LogP contribution in [-0.2, 0) is 9.59 Å². The topological polar surface area (TPSA) is 84.2 Å². The highest BCUT2D eigenvalue weighted by Gasteiger charge is 2.53. The average Bonchev–Trinajstić information content (AvgIpc) is 2.21. The Morgan fingerprint density at radius 1 is 1.24 bits per heavy atom. The Kier molecular flexibility index (Phi) is 5.40. The third-order valence-corrected chi connectivity index (χ3v) is 2.04. The Morgan fingerprint density at radius 3 is 2.18 bits per heavy atom. The molecule has 0 heterocycles. The van der Waals surface area contributed by atoms with E-state index in [1.807, 2.05) is 12.2 Å². The molecule has 100 valence electrons. The minimum atomic E-state index is -4.86. The van der Waals surface area contributed by atoms with Crippen molar-refractivity contribution < 1.29 is 22.8 Å². The van der Waals surface area contributed by atoms with E-state index in [1.54, 1.807) is 0 Å². The van der Waals surface area contributed by atoms with Crippen molar-refractivity contribution in [3.63, 3.8) is 0 Å². The van der Waals surface area contributed by atoms with E-state index < -0.39 is 30.1 Å². The van der Waals surface area contributed by atoms with Crippen LogP contribution in [0.2, 0.25) is 0 Å². The molecule has 5 nitrogen and oxygen atoms in total. The summed E-state index contributed by atoms with van der Waals surface area (Å²) in [5.41, 5.74) is 1.85. The number of alkyl halides is 3. The highest BCUT2D eigenvalue weighted by molar-refractivity contribution is 5.90. The van der Waals surface area contributed by atoms with Crippen LogP contribution in [0, 0.1) is 0 Å². The summed E-state index contributed by atoms with van der Waals surface area (Å²) in [6, 6.07) is 0. The van der Waals surface area contributed by atoms with Gasteiger partial charge in [-0.2, -0.15) is 13.2 Å². The third-order valence-electron chi connectivity index (χ3n) is 2.04. The summed E-state index contributed by atoms with van der Waals surface area (Å²) >= 11 is 0. The number of amides is 2. The standard InChI is InChI=1S/C9H16F3N3O2/c1-3-4-14-6(16)5-15-7(17)8(2,13)9(10,11)12/h3-5,13H2,1-2H3,(H,14,16)(H,15,17). The lowest BCUT2D eigenvalue weighted by Gasteiger charge is -2.25. The average molecular weight is 255 g/mol. The van der Waals surface area contributed by atoms with Gasteiger partial charge >= 0.3 is 6.18 Å². The van der Waals surface area contributed by atoms with Gasteiger partial charge in [0.25, 0.3) is 0 Å². The van der Waals surface area contributed by atoms with Crippen molar-refractivity contribution in [2.75, 3.05) is 13.1 Å². The molecule has 8 heteroatoms. The summed E-state index contributed by atoms with van der Waals surface area (Å²) in [6.07, 6.45) is -4.17. The van der Waals surface area contributed by atoms with Gasteiger partial charge in [-0.05, 0) is 13.3 Å². The molecule has 0 aliphatic rings. The van der Waals surface area contributed by atoms with Crippen molar-refractivity contribution >= 4 is 11.8 Å². The Hall–Kier alpha value is -1.31. The molecule has 0 spiro atoms. The quantitative estimate of drug-likeness (QED) is 0.642. The molecular weight excluding hydrogens is 239 g/mol. The van der Waals surface area contributed by atoms with Gasteiger partial charge in [0.05, 0.1) is 6.54 Å². The van der Waals surface area contributed by atoms with Crippen molar-refractivity contribution in [3.8, 4) is 0 Å². The lowest BCUT2D eigenvalue weighted by molar-refractivity contribution is -0.187. The Morgan fingerprint density at radius 2 is 1.76 bits per heavy atom. The van der Waals surface area contributed by atoms with E-state index in [0.29, 0.717) is 19.9 Å². The molecule has 0 saturated carbocycles. The molecule has 0 aliphatic heterocycles. The summed E-state index contributed by atoms with van der Waals surface area (Å²) < 4.78 is 37.0. The maximum atomic E-state index is 12.3. The van der Waals surface area contributed by atoms with E-state index in [4.69, 9.17) is 5.73 Å². The Labute approximate surface area is 96.9 Å². The van der Waals surface area contributed by atoms with E-state index in [0.717, 1.165) is 0 Å². The number of hydrogen-bond donors (Lipinski definition) is 3. The van der Waals surface area contributed by atoms with Crippen LogP contribution in [0.3, 0.4) is 0 Å². The molecular formula is C9H16F3N3O2. The molecule has 0 aliphatic carbocycles. The van der Waals surface area contributed by atoms with Crippen LogP contribution in [0.25, 0.3) is 0 Å². The van der Waals surface area contributed by atoms with Crippen molar-refractivity contribution in [1.82, 2.24) is 10.6 Å². The van der Waals surface area contributed by atoms with Crippen LogP contribution in [0.4, 0.5) is 13.2 Å². The highest BCUT2D eigenvalue weighted by Crippen LogP contribution is 2.27. The lowest BCUT2D eigenvalue weighted by Crippen LogP contribution is -2.62. The second-order valence-electron chi connectivity index (χ2n) is 3.73. The van der Waals surface area contributed by atoms with Crippen LogP contribution in [0.1, 0.15) is 20.3 Å². The van der Waals surface area contributed by atoms with Gasteiger partial charge in [-0.1, -0.05) is 6.92 Å².